The lowest BCUT2D eigenvalue weighted by molar-refractivity contribution is -0.137. The molecule has 0 saturated carbocycles. The molecular formula is C6H13NO2. The SMILES string of the molecule is [2H]C([2H])(CCCCN)C(=O)O. The molecule has 54 valence electrons. The summed E-state index contributed by atoms with van der Waals surface area (Å²) in [5.74, 6) is -1.39. The molecule has 0 aliphatic carbocycles. The van der Waals surface area contributed by atoms with Gasteiger partial charge in [-0.25, -0.2) is 0 Å². The van der Waals surface area contributed by atoms with Gasteiger partial charge in [0.15, 0.2) is 0 Å². The molecule has 3 nitrogen and oxygen atoms in total. The lowest BCUT2D eigenvalue weighted by atomic mass is 10.2. The quantitative estimate of drug-likeness (QED) is 0.539. The van der Waals surface area contributed by atoms with Crippen molar-refractivity contribution in [3.05, 3.63) is 0 Å². The van der Waals surface area contributed by atoms with E-state index in [9.17, 15) is 4.79 Å². The van der Waals surface area contributed by atoms with Gasteiger partial charge in [0, 0.05) is 9.11 Å². The minimum absolute atomic E-state index is 0.0412. The molecule has 0 heterocycles. The topological polar surface area (TPSA) is 63.3 Å². The largest absolute Gasteiger partial charge is 0.481 e. The molecule has 3 heteroatoms. The Morgan fingerprint density at radius 2 is 2.22 bits per heavy atom. The van der Waals surface area contributed by atoms with Crippen LogP contribution in [0.3, 0.4) is 0 Å². The molecule has 0 aliphatic heterocycles. The highest BCUT2D eigenvalue weighted by Crippen LogP contribution is 1.97. The maximum Gasteiger partial charge on any atom is 0.303 e. The number of rotatable bonds is 5. The maximum atomic E-state index is 10.2. The first-order valence-corrected chi connectivity index (χ1v) is 2.94. The van der Waals surface area contributed by atoms with E-state index in [1.54, 1.807) is 0 Å². The van der Waals surface area contributed by atoms with Gasteiger partial charge in [0.2, 0.25) is 0 Å². The molecule has 0 aliphatic rings. The minimum Gasteiger partial charge on any atom is -0.481 e. The zero-order chi connectivity index (χ0) is 8.91. The van der Waals surface area contributed by atoms with Gasteiger partial charge in [-0.2, -0.15) is 0 Å². The molecule has 0 aromatic heterocycles. The molecule has 9 heavy (non-hydrogen) atoms. The summed E-state index contributed by atoms with van der Waals surface area (Å²) < 4.78 is 14.0. The molecule has 0 amide bonds. The zero-order valence-electron chi connectivity index (χ0n) is 7.26. The first kappa shape index (κ1) is 5.23. The van der Waals surface area contributed by atoms with Crippen LogP contribution in [0.25, 0.3) is 0 Å². The first-order valence-electron chi connectivity index (χ1n) is 3.94. The van der Waals surface area contributed by atoms with Gasteiger partial charge in [0.1, 0.15) is 0 Å². The summed E-state index contributed by atoms with van der Waals surface area (Å²) in [6.07, 6.45) is -0.850. The monoisotopic (exact) mass is 133 g/mol. The first-order chi connectivity index (χ1) is 5.00. The van der Waals surface area contributed by atoms with Crippen LogP contribution in [0.1, 0.15) is 28.4 Å². The van der Waals surface area contributed by atoms with Crippen LogP contribution in [0.5, 0.6) is 0 Å². The maximum absolute atomic E-state index is 10.2. The van der Waals surface area contributed by atoms with E-state index in [2.05, 4.69) is 0 Å². The van der Waals surface area contributed by atoms with Crippen LogP contribution in [0, 0.1) is 0 Å². The van der Waals surface area contributed by atoms with Crippen LogP contribution >= 0.6 is 0 Å². The molecular weight excluding hydrogens is 118 g/mol. The van der Waals surface area contributed by atoms with Crippen LogP contribution in [-0.2, 0) is 4.79 Å². The summed E-state index contributed by atoms with van der Waals surface area (Å²) in [6, 6.07) is 0. The third kappa shape index (κ3) is 7.43. The van der Waals surface area contributed by atoms with Gasteiger partial charge < -0.3 is 10.8 Å². The second-order valence-electron chi connectivity index (χ2n) is 1.73. The van der Waals surface area contributed by atoms with Gasteiger partial charge >= 0.3 is 5.97 Å². The van der Waals surface area contributed by atoms with E-state index in [-0.39, 0.29) is 6.42 Å². The molecule has 0 aromatic carbocycles. The smallest absolute Gasteiger partial charge is 0.303 e. The highest BCUT2D eigenvalue weighted by atomic mass is 16.4. The van der Waals surface area contributed by atoms with Crippen molar-refractivity contribution in [2.75, 3.05) is 6.54 Å². The summed E-state index contributed by atoms with van der Waals surface area (Å²) in [4.78, 5) is 10.2. The Morgan fingerprint density at radius 3 is 2.67 bits per heavy atom. The van der Waals surface area contributed by atoms with E-state index in [1.165, 1.54) is 0 Å². The summed E-state index contributed by atoms with van der Waals surface area (Å²) in [5.41, 5.74) is 5.16. The van der Waals surface area contributed by atoms with E-state index >= 15 is 0 Å². The van der Waals surface area contributed by atoms with E-state index in [0.29, 0.717) is 19.4 Å². The summed E-state index contributed by atoms with van der Waals surface area (Å²) in [6.45, 7) is 0.482. The molecule has 0 saturated heterocycles. The minimum atomic E-state index is -2.09. The highest BCUT2D eigenvalue weighted by molar-refractivity contribution is 5.66. The molecule has 0 fully saturated rings. The predicted molar refractivity (Wildman–Crippen MR) is 35.2 cm³/mol. The Labute approximate surface area is 57.7 Å². The van der Waals surface area contributed by atoms with Crippen LogP contribution in [-0.4, -0.2) is 17.6 Å². The summed E-state index contributed by atoms with van der Waals surface area (Å²) >= 11 is 0. The number of carbonyl (C=O) groups is 1. The van der Waals surface area contributed by atoms with Gasteiger partial charge in [0.25, 0.3) is 0 Å². The Balaban J connectivity index is 3.64. The van der Waals surface area contributed by atoms with Gasteiger partial charge in [-0.1, -0.05) is 6.42 Å². The molecule has 0 rings (SSSR count). The van der Waals surface area contributed by atoms with Crippen LogP contribution in [0.2, 0.25) is 0 Å². The summed E-state index contributed by atoms with van der Waals surface area (Å²) in [7, 11) is 0. The number of hydrogen-bond acceptors (Lipinski definition) is 2. The van der Waals surface area contributed by atoms with Crippen molar-refractivity contribution < 1.29 is 12.6 Å². The Bertz CT molecular complexity index is 139. The second kappa shape index (κ2) is 5.56. The molecule has 0 spiro atoms. The number of aliphatic carboxylic acids is 1. The Hall–Kier alpha value is -0.570. The van der Waals surface area contributed by atoms with E-state index in [0.717, 1.165) is 0 Å². The van der Waals surface area contributed by atoms with Crippen molar-refractivity contribution in [3.63, 3.8) is 0 Å². The predicted octanol–water partition coefficient (Wildman–Crippen LogP) is 0.590. The Kier molecular flexibility index (Phi) is 3.24. The lowest BCUT2D eigenvalue weighted by Crippen LogP contribution is -1.99. The molecule has 0 atom stereocenters. The van der Waals surface area contributed by atoms with Crippen LogP contribution in [0.15, 0.2) is 0 Å². The van der Waals surface area contributed by atoms with Gasteiger partial charge in [-0.3, -0.25) is 4.79 Å². The second-order valence-corrected chi connectivity index (χ2v) is 1.73. The number of unbranched alkanes of at least 4 members (excludes halogenated alkanes) is 1. The summed E-state index contributed by atoms with van der Waals surface area (Å²) in [5, 5.41) is 8.33. The van der Waals surface area contributed by atoms with Gasteiger partial charge in [0.05, 0.1) is 0 Å². The zero-order valence-corrected chi connectivity index (χ0v) is 5.26. The van der Waals surface area contributed by atoms with Gasteiger partial charge in [-0.15, -0.1) is 0 Å². The van der Waals surface area contributed by atoms with Gasteiger partial charge in [-0.05, 0) is 19.4 Å². The normalized spacial score (nSPS) is 14.3. The number of carboxylic acids is 1. The fourth-order valence-electron chi connectivity index (χ4n) is 0.465. The van der Waals surface area contributed by atoms with Crippen molar-refractivity contribution in [3.8, 4) is 0 Å². The molecule has 3 N–H and O–H groups in total. The Morgan fingerprint density at radius 1 is 1.56 bits per heavy atom. The van der Waals surface area contributed by atoms with Crippen molar-refractivity contribution in [2.24, 2.45) is 5.73 Å². The average molecular weight is 133 g/mol. The third-order valence-electron chi connectivity index (χ3n) is 0.907. The van der Waals surface area contributed by atoms with Crippen LogP contribution < -0.4 is 5.73 Å². The van der Waals surface area contributed by atoms with Crippen molar-refractivity contribution in [1.29, 1.82) is 0 Å². The van der Waals surface area contributed by atoms with E-state index in [4.69, 9.17) is 13.6 Å². The van der Waals surface area contributed by atoms with Crippen molar-refractivity contribution >= 4 is 5.97 Å². The highest BCUT2D eigenvalue weighted by Gasteiger charge is 1.94. The molecule has 0 bridgehead atoms. The molecule has 0 aromatic rings. The average Bonchev–Trinajstić information content (AvgIpc) is 1.88. The lowest BCUT2D eigenvalue weighted by Gasteiger charge is -1.93. The van der Waals surface area contributed by atoms with E-state index in [1.807, 2.05) is 0 Å². The molecule has 0 unspecified atom stereocenters. The van der Waals surface area contributed by atoms with Crippen LogP contribution in [0.4, 0.5) is 0 Å². The number of carboxylic acid groups (broad SMARTS) is 1. The number of hydrogen-bond donors (Lipinski definition) is 2. The fourth-order valence-corrected chi connectivity index (χ4v) is 0.465. The fraction of sp³-hybridized carbons (Fsp3) is 0.833. The van der Waals surface area contributed by atoms with E-state index < -0.39 is 12.3 Å². The number of nitrogens with two attached hydrogens (primary N) is 1. The molecule has 0 radical (unpaired) electrons. The third-order valence-corrected chi connectivity index (χ3v) is 0.907. The van der Waals surface area contributed by atoms with Crippen molar-refractivity contribution in [1.82, 2.24) is 0 Å². The standard InChI is InChI=1S/C6H13NO2/c7-5-3-1-2-4-6(8)9/h1-5,7H2,(H,8,9)/i4D2. The van der Waals surface area contributed by atoms with Crippen molar-refractivity contribution in [2.45, 2.75) is 25.6 Å².